The molecule has 6 aromatic carbocycles. The van der Waals surface area contributed by atoms with Crippen LogP contribution in [0, 0.1) is 0 Å². The molecule has 0 fully saturated rings. The Kier molecular flexibility index (Phi) is 7.66. The van der Waals surface area contributed by atoms with E-state index in [0.717, 1.165) is 56.0 Å². The van der Waals surface area contributed by atoms with Gasteiger partial charge in [0.2, 0.25) is 0 Å². The SMILES string of the molecule is CC1(C)c2ccccc2Oc2ccc(-c3nc(-c4ccccc4)nc(-c4cccc(-c5nc(-c6ccccc6)nc(-c6ccccc6)n5)c4)n3)cc21. The van der Waals surface area contributed by atoms with Crippen LogP contribution in [0.5, 0.6) is 11.5 Å². The van der Waals surface area contributed by atoms with Gasteiger partial charge in [-0.25, -0.2) is 29.9 Å². The molecule has 9 rings (SSSR count). The Morgan fingerprint density at radius 3 is 1.17 bits per heavy atom. The molecule has 0 saturated heterocycles. The number of fused-ring (bicyclic) bond motifs is 2. The van der Waals surface area contributed by atoms with Gasteiger partial charge in [-0.15, -0.1) is 0 Å². The number of para-hydroxylation sites is 1. The lowest BCUT2D eigenvalue weighted by Gasteiger charge is -2.34. The van der Waals surface area contributed by atoms with Crippen molar-refractivity contribution in [1.29, 1.82) is 0 Å². The van der Waals surface area contributed by atoms with Gasteiger partial charge in [0.1, 0.15) is 11.5 Å². The summed E-state index contributed by atoms with van der Waals surface area (Å²) in [7, 11) is 0. The molecule has 7 nitrogen and oxygen atoms in total. The van der Waals surface area contributed by atoms with Gasteiger partial charge in [0, 0.05) is 49.9 Å². The molecule has 0 unspecified atom stereocenters. The Bertz CT molecular complexity index is 2520. The van der Waals surface area contributed by atoms with Crippen molar-refractivity contribution in [2.45, 2.75) is 19.3 Å². The van der Waals surface area contributed by atoms with Crippen LogP contribution in [0.25, 0.3) is 68.3 Å². The van der Waals surface area contributed by atoms with Crippen molar-refractivity contribution < 1.29 is 4.74 Å². The Labute approximate surface area is 301 Å². The average Bonchev–Trinajstić information content (AvgIpc) is 3.21. The number of ether oxygens (including phenoxy) is 1. The number of benzene rings is 6. The molecule has 8 aromatic rings. The first-order valence-corrected chi connectivity index (χ1v) is 17.2. The van der Waals surface area contributed by atoms with Crippen LogP contribution in [0.15, 0.2) is 158 Å². The van der Waals surface area contributed by atoms with Crippen LogP contribution in [-0.2, 0) is 5.41 Å². The summed E-state index contributed by atoms with van der Waals surface area (Å²) in [6, 6.07) is 52.4. The van der Waals surface area contributed by atoms with Crippen molar-refractivity contribution >= 4 is 0 Å². The van der Waals surface area contributed by atoms with Crippen LogP contribution in [0.3, 0.4) is 0 Å². The Morgan fingerprint density at radius 2 is 0.692 bits per heavy atom. The highest BCUT2D eigenvalue weighted by Crippen LogP contribution is 2.48. The van der Waals surface area contributed by atoms with Crippen molar-refractivity contribution in [3.8, 4) is 79.8 Å². The highest BCUT2D eigenvalue weighted by Gasteiger charge is 2.34. The molecular formula is C45H32N6O. The van der Waals surface area contributed by atoms with E-state index in [1.807, 2.05) is 140 Å². The van der Waals surface area contributed by atoms with Gasteiger partial charge in [0.05, 0.1) is 0 Å². The summed E-state index contributed by atoms with van der Waals surface area (Å²) in [6.45, 7) is 4.45. The molecule has 1 aliphatic rings. The van der Waals surface area contributed by atoms with Gasteiger partial charge in [-0.05, 0) is 30.3 Å². The fraction of sp³-hybridized carbons (Fsp3) is 0.0667. The second-order valence-electron chi connectivity index (χ2n) is 13.2. The summed E-state index contributed by atoms with van der Waals surface area (Å²) in [5, 5.41) is 0. The molecule has 52 heavy (non-hydrogen) atoms. The van der Waals surface area contributed by atoms with E-state index in [9.17, 15) is 0 Å². The molecule has 2 aromatic heterocycles. The van der Waals surface area contributed by atoms with E-state index in [1.54, 1.807) is 0 Å². The number of nitrogens with zero attached hydrogens (tertiary/aromatic N) is 6. The summed E-state index contributed by atoms with van der Waals surface area (Å²) < 4.78 is 6.35. The van der Waals surface area contributed by atoms with E-state index < -0.39 is 0 Å². The predicted octanol–water partition coefficient (Wildman–Crippen LogP) is 10.5. The molecule has 0 N–H and O–H groups in total. The van der Waals surface area contributed by atoms with Crippen LogP contribution in [-0.4, -0.2) is 29.9 Å². The zero-order chi connectivity index (χ0) is 35.1. The summed E-state index contributed by atoms with van der Waals surface area (Å²) in [5.74, 6) is 5.18. The molecule has 0 aliphatic carbocycles. The van der Waals surface area contributed by atoms with Gasteiger partial charge >= 0.3 is 0 Å². The molecule has 3 heterocycles. The molecule has 0 amide bonds. The summed E-state index contributed by atoms with van der Waals surface area (Å²) in [5.41, 5.74) is 7.18. The molecule has 7 heteroatoms. The zero-order valence-corrected chi connectivity index (χ0v) is 28.6. The molecule has 1 aliphatic heterocycles. The van der Waals surface area contributed by atoms with E-state index >= 15 is 0 Å². The first-order valence-electron chi connectivity index (χ1n) is 17.2. The number of rotatable bonds is 6. The molecule has 248 valence electrons. The zero-order valence-electron chi connectivity index (χ0n) is 28.6. The maximum absolute atomic E-state index is 6.35. The fourth-order valence-corrected chi connectivity index (χ4v) is 6.67. The second-order valence-corrected chi connectivity index (χ2v) is 13.2. The third kappa shape index (κ3) is 5.78. The van der Waals surface area contributed by atoms with Crippen molar-refractivity contribution in [3.05, 3.63) is 169 Å². The molecule has 0 spiro atoms. The van der Waals surface area contributed by atoms with E-state index in [4.69, 9.17) is 34.6 Å². The third-order valence-electron chi connectivity index (χ3n) is 9.44. The van der Waals surface area contributed by atoms with Gasteiger partial charge in [0.25, 0.3) is 0 Å². The van der Waals surface area contributed by atoms with Gasteiger partial charge in [-0.1, -0.05) is 141 Å². The van der Waals surface area contributed by atoms with Gasteiger partial charge in [-0.2, -0.15) is 0 Å². The summed E-state index contributed by atoms with van der Waals surface area (Å²) in [6.07, 6.45) is 0. The van der Waals surface area contributed by atoms with Crippen LogP contribution in [0.2, 0.25) is 0 Å². The normalized spacial score (nSPS) is 12.7. The largest absolute Gasteiger partial charge is 0.457 e. The van der Waals surface area contributed by atoms with Crippen LogP contribution in [0.4, 0.5) is 0 Å². The number of aromatic nitrogens is 6. The summed E-state index contributed by atoms with van der Waals surface area (Å²) >= 11 is 0. The highest BCUT2D eigenvalue weighted by atomic mass is 16.5. The number of hydrogen-bond donors (Lipinski definition) is 0. The van der Waals surface area contributed by atoms with Crippen LogP contribution >= 0.6 is 0 Å². The fourth-order valence-electron chi connectivity index (χ4n) is 6.67. The van der Waals surface area contributed by atoms with Crippen molar-refractivity contribution in [1.82, 2.24) is 29.9 Å². The second kappa shape index (κ2) is 12.8. The topological polar surface area (TPSA) is 86.6 Å². The highest BCUT2D eigenvalue weighted by molar-refractivity contribution is 5.73. The molecule has 0 radical (unpaired) electrons. The van der Waals surface area contributed by atoms with Gasteiger partial charge in [0.15, 0.2) is 34.9 Å². The summed E-state index contributed by atoms with van der Waals surface area (Å²) in [4.78, 5) is 29.9. The minimum absolute atomic E-state index is 0.283. The quantitative estimate of drug-likeness (QED) is 0.174. The maximum Gasteiger partial charge on any atom is 0.164 e. The Hall–Kier alpha value is -6.86. The smallest absolute Gasteiger partial charge is 0.164 e. The predicted molar refractivity (Wildman–Crippen MR) is 204 cm³/mol. The first-order chi connectivity index (χ1) is 25.5. The van der Waals surface area contributed by atoms with Gasteiger partial charge < -0.3 is 4.74 Å². The number of hydrogen-bond acceptors (Lipinski definition) is 7. The Balaban J connectivity index is 1.17. The van der Waals surface area contributed by atoms with Gasteiger partial charge in [-0.3, -0.25) is 0 Å². The van der Waals surface area contributed by atoms with Crippen molar-refractivity contribution in [2.75, 3.05) is 0 Å². The lowest BCUT2D eigenvalue weighted by atomic mass is 9.75. The molecule has 0 saturated carbocycles. The lowest BCUT2D eigenvalue weighted by Crippen LogP contribution is -2.24. The van der Waals surface area contributed by atoms with E-state index in [-0.39, 0.29) is 5.41 Å². The van der Waals surface area contributed by atoms with Crippen molar-refractivity contribution in [2.24, 2.45) is 0 Å². The standard InChI is InChI=1S/C45H32N6O/c1-45(2)35-23-12-13-24-37(35)52-38-26-25-34(28-36(38)45)44-50-41(31-19-10-5-11-20-31)49-43(51-44)33-22-14-21-32(27-33)42-47-39(29-15-6-3-7-16-29)46-40(48-42)30-17-8-4-9-18-30/h3-28H,1-2H3. The van der Waals surface area contributed by atoms with Crippen molar-refractivity contribution in [3.63, 3.8) is 0 Å². The van der Waals surface area contributed by atoms with E-state index in [1.165, 1.54) is 0 Å². The lowest BCUT2D eigenvalue weighted by molar-refractivity contribution is 0.418. The van der Waals surface area contributed by atoms with Crippen LogP contribution < -0.4 is 4.74 Å². The Morgan fingerprint density at radius 1 is 0.327 bits per heavy atom. The molecular weight excluding hydrogens is 641 g/mol. The minimum Gasteiger partial charge on any atom is -0.457 e. The maximum atomic E-state index is 6.35. The molecule has 0 atom stereocenters. The minimum atomic E-state index is -0.283. The van der Waals surface area contributed by atoms with Crippen LogP contribution in [0.1, 0.15) is 25.0 Å². The monoisotopic (exact) mass is 672 g/mol. The first kappa shape index (κ1) is 31.1. The molecule has 0 bridgehead atoms. The van der Waals surface area contributed by atoms with E-state index in [2.05, 4.69) is 32.0 Å². The van der Waals surface area contributed by atoms with E-state index in [0.29, 0.717) is 34.9 Å². The average molecular weight is 673 g/mol. The third-order valence-corrected chi connectivity index (χ3v) is 9.44.